The first-order chi connectivity index (χ1) is 13.1. The van der Waals surface area contributed by atoms with Crippen LogP contribution in [0.25, 0.3) is 0 Å². The lowest BCUT2D eigenvalue weighted by Gasteiger charge is -2.21. The Labute approximate surface area is 163 Å². The fraction of sp³-hybridized carbons (Fsp3) is 0.278. The number of nitrogens with one attached hydrogen (secondary N) is 1. The molecule has 0 aliphatic rings. The molecule has 0 fully saturated rings. The van der Waals surface area contributed by atoms with Gasteiger partial charge < -0.3 is 5.32 Å². The summed E-state index contributed by atoms with van der Waals surface area (Å²) >= 11 is 0. The standard InChI is InChI=1S/C18H22N6O3S/c1-12-6-8-14(9-7-12)28(26,27)24(5)18-15(11-19-23(18)4)17(25)20-16-10-13(2)21-22(16)3/h6-11H,1-5H3,(H,20,25). The van der Waals surface area contributed by atoms with Gasteiger partial charge in [-0.05, 0) is 26.0 Å². The van der Waals surface area contributed by atoms with E-state index >= 15 is 0 Å². The summed E-state index contributed by atoms with van der Waals surface area (Å²) in [5.74, 6) is 0.190. The summed E-state index contributed by atoms with van der Waals surface area (Å²) in [7, 11) is 0.835. The Kier molecular flexibility index (Phi) is 4.99. The molecule has 28 heavy (non-hydrogen) atoms. The van der Waals surface area contributed by atoms with Crippen molar-refractivity contribution < 1.29 is 13.2 Å². The van der Waals surface area contributed by atoms with Crippen LogP contribution in [0.4, 0.5) is 11.6 Å². The maximum absolute atomic E-state index is 13.0. The molecule has 1 aromatic carbocycles. The molecule has 0 aliphatic heterocycles. The number of hydrogen-bond donors (Lipinski definition) is 1. The Morgan fingerprint density at radius 1 is 1.11 bits per heavy atom. The number of rotatable bonds is 5. The average Bonchev–Trinajstić information content (AvgIpc) is 3.16. The van der Waals surface area contributed by atoms with Crippen molar-refractivity contribution in [1.82, 2.24) is 19.6 Å². The molecule has 0 spiro atoms. The van der Waals surface area contributed by atoms with Crippen LogP contribution in [0.5, 0.6) is 0 Å². The number of aromatic nitrogens is 4. The van der Waals surface area contributed by atoms with E-state index in [4.69, 9.17) is 0 Å². The molecular formula is C18H22N6O3S. The molecule has 0 bridgehead atoms. The topological polar surface area (TPSA) is 102 Å². The molecule has 148 valence electrons. The van der Waals surface area contributed by atoms with E-state index in [1.54, 1.807) is 32.3 Å². The fourth-order valence-corrected chi connectivity index (χ4v) is 4.10. The molecule has 1 amide bonds. The predicted molar refractivity (Wildman–Crippen MR) is 106 cm³/mol. The van der Waals surface area contributed by atoms with Crippen LogP contribution in [-0.4, -0.2) is 40.9 Å². The number of carbonyl (C=O) groups excluding carboxylic acids is 1. The molecule has 0 saturated carbocycles. The minimum absolute atomic E-state index is 0.135. The predicted octanol–water partition coefficient (Wildman–Crippen LogP) is 1.85. The molecule has 3 aromatic rings. The molecule has 3 rings (SSSR count). The van der Waals surface area contributed by atoms with E-state index in [-0.39, 0.29) is 16.3 Å². The van der Waals surface area contributed by atoms with Gasteiger partial charge >= 0.3 is 0 Å². The highest BCUT2D eigenvalue weighted by Crippen LogP contribution is 2.26. The van der Waals surface area contributed by atoms with Crippen LogP contribution in [0, 0.1) is 13.8 Å². The van der Waals surface area contributed by atoms with E-state index in [2.05, 4.69) is 15.5 Å². The minimum Gasteiger partial charge on any atom is -0.307 e. The maximum Gasteiger partial charge on any atom is 0.265 e. The van der Waals surface area contributed by atoms with Crippen LogP contribution < -0.4 is 9.62 Å². The van der Waals surface area contributed by atoms with Gasteiger partial charge in [-0.15, -0.1) is 0 Å². The van der Waals surface area contributed by atoms with Gasteiger partial charge in [0.25, 0.3) is 15.9 Å². The normalized spacial score (nSPS) is 11.5. The Bertz CT molecular complexity index is 1130. The SMILES string of the molecule is Cc1ccc(S(=O)(=O)N(C)c2c(C(=O)Nc3cc(C)nn3C)cnn2C)cc1. The number of aryl methyl sites for hydroxylation is 4. The summed E-state index contributed by atoms with van der Waals surface area (Å²) in [6.07, 6.45) is 1.34. The van der Waals surface area contributed by atoms with E-state index in [0.29, 0.717) is 5.82 Å². The van der Waals surface area contributed by atoms with Crippen LogP contribution >= 0.6 is 0 Å². The van der Waals surface area contributed by atoms with Crippen molar-refractivity contribution in [3.05, 3.63) is 53.3 Å². The van der Waals surface area contributed by atoms with Crippen LogP contribution in [0.3, 0.4) is 0 Å². The van der Waals surface area contributed by atoms with Crippen LogP contribution in [0.15, 0.2) is 41.4 Å². The molecule has 2 heterocycles. The van der Waals surface area contributed by atoms with Crippen molar-refractivity contribution >= 4 is 27.6 Å². The largest absolute Gasteiger partial charge is 0.307 e. The van der Waals surface area contributed by atoms with Gasteiger partial charge in [0.1, 0.15) is 11.4 Å². The Morgan fingerprint density at radius 3 is 2.32 bits per heavy atom. The van der Waals surface area contributed by atoms with Gasteiger partial charge in [0.15, 0.2) is 5.82 Å². The molecule has 0 atom stereocenters. The molecule has 1 N–H and O–H groups in total. The van der Waals surface area contributed by atoms with Crippen LogP contribution in [0.2, 0.25) is 0 Å². The number of anilines is 2. The van der Waals surface area contributed by atoms with Crippen molar-refractivity contribution in [2.45, 2.75) is 18.7 Å². The third-order valence-corrected chi connectivity index (χ3v) is 6.14. The lowest BCUT2D eigenvalue weighted by Crippen LogP contribution is -2.30. The summed E-state index contributed by atoms with van der Waals surface area (Å²) in [5.41, 5.74) is 1.84. The third-order valence-electron chi connectivity index (χ3n) is 4.37. The first-order valence-corrected chi connectivity index (χ1v) is 9.95. The van der Waals surface area contributed by atoms with Gasteiger partial charge in [-0.1, -0.05) is 17.7 Å². The number of benzene rings is 1. The average molecular weight is 402 g/mol. The lowest BCUT2D eigenvalue weighted by molar-refractivity contribution is 0.102. The van der Waals surface area contributed by atoms with Gasteiger partial charge in [0, 0.05) is 27.2 Å². The molecule has 10 heteroatoms. The smallest absolute Gasteiger partial charge is 0.265 e. The lowest BCUT2D eigenvalue weighted by atomic mass is 10.2. The van der Waals surface area contributed by atoms with Crippen molar-refractivity contribution in [3.63, 3.8) is 0 Å². The number of amides is 1. The van der Waals surface area contributed by atoms with Crippen molar-refractivity contribution in [2.24, 2.45) is 14.1 Å². The van der Waals surface area contributed by atoms with Gasteiger partial charge in [0.05, 0.1) is 16.8 Å². The zero-order valence-electron chi connectivity index (χ0n) is 16.3. The molecule has 0 saturated heterocycles. The maximum atomic E-state index is 13.0. The van der Waals surface area contributed by atoms with Gasteiger partial charge in [-0.2, -0.15) is 10.2 Å². The van der Waals surface area contributed by atoms with Gasteiger partial charge in [-0.3, -0.25) is 18.5 Å². The second kappa shape index (κ2) is 7.12. The summed E-state index contributed by atoms with van der Waals surface area (Å²) in [5, 5.41) is 11.0. The monoisotopic (exact) mass is 402 g/mol. The number of carbonyl (C=O) groups is 1. The van der Waals surface area contributed by atoms with Crippen molar-refractivity contribution in [3.8, 4) is 0 Å². The Balaban J connectivity index is 1.97. The van der Waals surface area contributed by atoms with Gasteiger partial charge in [0.2, 0.25) is 0 Å². The van der Waals surface area contributed by atoms with E-state index in [0.717, 1.165) is 15.6 Å². The first kappa shape index (κ1) is 19.6. The molecule has 0 radical (unpaired) electrons. The minimum atomic E-state index is -3.86. The van der Waals surface area contributed by atoms with Crippen LogP contribution in [0.1, 0.15) is 21.6 Å². The molecule has 9 nitrogen and oxygen atoms in total. The highest BCUT2D eigenvalue weighted by Gasteiger charge is 2.28. The number of sulfonamides is 1. The summed E-state index contributed by atoms with van der Waals surface area (Å²) in [6.45, 7) is 3.69. The second-order valence-corrected chi connectivity index (χ2v) is 8.51. The molecule has 0 aliphatic carbocycles. The van der Waals surface area contributed by atoms with E-state index in [9.17, 15) is 13.2 Å². The Hall–Kier alpha value is -3.14. The molecular weight excluding hydrogens is 380 g/mol. The zero-order valence-corrected chi connectivity index (χ0v) is 17.1. The summed E-state index contributed by atoms with van der Waals surface area (Å²) in [4.78, 5) is 12.9. The van der Waals surface area contributed by atoms with Crippen molar-refractivity contribution in [1.29, 1.82) is 0 Å². The van der Waals surface area contributed by atoms with Crippen molar-refractivity contribution in [2.75, 3.05) is 16.7 Å². The first-order valence-electron chi connectivity index (χ1n) is 8.51. The highest BCUT2D eigenvalue weighted by molar-refractivity contribution is 7.92. The third kappa shape index (κ3) is 3.50. The van der Waals surface area contributed by atoms with Crippen LogP contribution in [-0.2, 0) is 24.1 Å². The number of nitrogens with zero attached hydrogens (tertiary/aromatic N) is 5. The number of hydrogen-bond acceptors (Lipinski definition) is 5. The quantitative estimate of drug-likeness (QED) is 0.702. The zero-order chi connectivity index (χ0) is 20.6. The fourth-order valence-electron chi connectivity index (χ4n) is 2.86. The highest BCUT2D eigenvalue weighted by atomic mass is 32.2. The van der Waals surface area contributed by atoms with E-state index in [1.807, 2.05) is 13.8 Å². The van der Waals surface area contributed by atoms with E-state index in [1.165, 1.54) is 34.7 Å². The summed E-state index contributed by atoms with van der Waals surface area (Å²) in [6, 6.07) is 8.25. The van der Waals surface area contributed by atoms with Gasteiger partial charge in [-0.25, -0.2) is 8.42 Å². The molecule has 0 unspecified atom stereocenters. The second-order valence-electron chi connectivity index (χ2n) is 6.54. The van der Waals surface area contributed by atoms with E-state index < -0.39 is 15.9 Å². The molecule has 2 aromatic heterocycles. The Morgan fingerprint density at radius 2 is 1.75 bits per heavy atom. The summed E-state index contributed by atoms with van der Waals surface area (Å²) < 4.78 is 30.0.